The average molecular weight is 526 g/mol. The molecule has 3 aliphatic carbocycles. The van der Waals surface area contributed by atoms with Gasteiger partial charge in [-0.15, -0.1) is 0 Å². The third-order valence-electron chi connectivity index (χ3n) is 4.51. The van der Waals surface area contributed by atoms with E-state index >= 15 is 0 Å². The van der Waals surface area contributed by atoms with Gasteiger partial charge in [0.2, 0.25) is 0 Å². The summed E-state index contributed by atoms with van der Waals surface area (Å²) in [4.78, 5) is 23.6. The number of halogens is 6. The number of rotatable bonds is 4. The van der Waals surface area contributed by atoms with Crippen molar-refractivity contribution in [2.45, 2.75) is 37.8 Å². The number of hydrogen-bond donors (Lipinski definition) is 2. The monoisotopic (exact) mass is 526 g/mol. The maximum atomic E-state index is 11.8. The standard InChI is InChI=1S/C20H22N2O2.Co.F6P/c23-19-11-5-1-7-15(19)13-21-17-9-3-4-10-18(17)22-14-16-8-2-6-12-20(16)24;;1-7(2,3,4,5)6/h1-2,5-8,11-14,17-18,21-22H,3-4,9-10H2;;/q;;-1/b15-13-,16-14-;;/t17-,18-;;/m0../s1. The molecule has 0 aromatic heterocycles. The Morgan fingerprint density at radius 1 is 0.688 bits per heavy atom. The maximum absolute atomic E-state index is 11.8. The molecule has 181 valence electrons. The zero-order chi connectivity index (χ0) is 23.2. The zero-order valence-corrected chi connectivity index (χ0v) is 18.6. The van der Waals surface area contributed by atoms with Crippen LogP contribution in [0.1, 0.15) is 25.7 Å². The first-order chi connectivity index (χ1) is 14.2. The predicted molar refractivity (Wildman–Crippen MR) is 109 cm³/mol. The molecule has 0 saturated heterocycles. The maximum Gasteiger partial charge on any atom is 0.187 e. The van der Waals surface area contributed by atoms with E-state index in [1.165, 1.54) is 12.8 Å². The van der Waals surface area contributed by atoms with E-state index in [0.29, 0.717) is 11.1 Å². The average Bonchev–Trinajstić information content (AvgIpc) is 2.65. The Labute approximate surface area is 191 Å². The Balaban J connectivity index is 0.000000558. The molecule has 0 aromatic carbocycles. The molecule has 1 radical (unpaired) electrons. The van der Waals surface area contributed by atoms with Crippen LogP contribution in [0.25, 0.3) is 0 Å². The summed E-state index contributed by atoms with van der Waals surface area (Å²) in [6, 6.07) is 0.488. The Morgan fingerprint density at radius 3 is 1.31 bits per heavy atom. The van der Waals surface area contributed by atoms with Gasteiger partial charge in [-0.25, -0.2) is 0 Å². The second-order valence-corrected chi connectivity index (χ2v) is 9.07. The Morgan fingerprint density at radius 2 is 1.00 bits per heavy atom. The minimum absolute atomic E-state index is 0. The van der Waals surface area contributed by atoms with Gasteiger partial charge in [-0.1, -0.05) is 37.1 Å². The van der Waals surface area contributed by atoms with Gasteiger partial charge in [0.05, 0.1) is 0 Å². The first-order valence-electron chi connectivity index (χ1n) is 9.46. The number of hydrogen-bond acceptors (Lipinski definition) is 4. The number of allylic oxidation sites excluding steroid dienone is 10. The molecule has 2 N–H and O–H groups in total. The van der Waals surface area contributed by atoms with Crippen molar-refractivity contribution in [3.05, 3.63) is 72.2 Å². The molecule has 3 rings (SSSR count). The van der Waals surface area contributed by atoms with E-state index in [1.807, 2.05) is 36.7 Å². The molecule has 2 atom stereocenters. The van der Waals surface area contributed by atoms with Crippen LogP contribution in [0.2, 0.25) is 0 Å². The topological polar surface area (TPSA) is 58.2 Å². The normalized spacial score (nSPS) is 27.2. The summed E-state index contributed by atoms with van der Waals surface area (Å²) in [5, 5.41) is 6.79. The molecule has 0 bridgehead atoms. The summed E-state index contributed by atoms with van der Waals surface area (Å²) in [5.74, 6) is 0.0503. The van der Waals surface area contributed by atoms with Gasteiger partial charge in [0.15, 0.2) is 11.6 Å². The summed E-state index contributed by atoms with van der Waals surface area (Å²) < 4.78 is 59.2. The Hall–Kier alpha value is -2.10. The van der Waals surface area contributed by atoms with Gasteiger partial charge < -0.3 is 10.6 Å². The minimum Gasteiger partial charge on any atom is -0.386 e. The van der Waals surface area contributed by atoms with Crippen molar-refractivity contribution >= 4 is 19.4 Å². The van der Waals surface area contributed by atoms with Crippen LogP contribution >= 0.6 is 7.81 Å². The van der Waals surface area contributed by atoms with Gasteiger partial charge in [-0.3, -0.25) is 9.59 Å². The van der Waals surface area contributed by atoms with Crippen LogP contribution in [0, 0.1) is 0 Å². The fraction of sp³-hybridized carbons (Fsp3) is 0.300. The molecular formula is C20H22CoF6N2O2P-. The summed E-state index contributed by atoms with van der Waals surface area (Å²) in [7, 11) is -10.7. The van der Waals surface area contributed by atoms with Crippen molar-refractivity contribution in [3.8, 4) is 0 Å². The molecule has 3 aliphatic rings. The van der Waals surface area contributed by atoms with Crippen LogP contribution in [-0.2, 0) is 26.4 Å². The van der Waals surface area contributed by atoms with Gasteiger partial charge in [0, 0.05) is 52.4 Å². The third kappa shape index (κ3) is 12.1. The summed E-state index contributed by atoms with van der Waals surface area (Å²) in [5.41, 5.74) is 1.35. The quantitative estimate of drug-likeness (QED) is 0.268. The van der Waals surface area contributed by atoms with Crippen LogP contribution in [0.5, 0.6) is 0 Å². The fourth-order valence-corrected chi connectivity index (χ4v) is 3.12. The third-order valence-corrected chi connectivity index (χ3v) is 4.51. The van der Waals surface area contributed by atoms with E-state index < -0.39 is 7.81 Å². The van der Waals surface area contributed by atoms with Crippen molar-refractivity contribution in [3.63, 3.8) is 0 Å². The smallest absolute Gasteiger partial charge is 0.187 e. The van der Waals surface area contributed by atoms with Crippen LogP contribution in [0.4, 0.5) is 25.2 Å². The van der Waals surface area contributed by atoms with Crippen molar-refractivity contribution in [2.75, 3.05) is 0 Å². The summed E-state index contributed by atoms with van der Waals surface area (Å²) in [6.07, 6.45) is 22.1. The summed E-state index contributed by atoms with van der Waals surface area (Å²) >= 11 is 0. The second-order valence-electron chi connectivity index (χ2n) is 7.15. The first-order valence-corrected chi connectivity index (χ1v) is 11.5. The van der Waals surface area contributed by atoms with Gasteiger partial charge >= 0.3 is 33.0 Å². The molecule has 0 heterocycles. The molecule has 12 heteroatoms. The molecule has 0 aliphatic heterocycles. The van der Waals surface area contributed by atoms with Crippen molar-refractivity contribution < 1.29 is 51.5 Å². The van der Waals surface area contributed by atoms with E-state index in [-0.39, 0.29) is 40.4 Å². The fourth-order valence-electron chi connectivity index (χ4n) is 3.12. The SMILES string of the molecule is F[P-](F)(F)(F)(F)F.O=C1C=CC=C/C1=C/N[C@H]1CCCC[C@@H]1N/C=C1/C=CC=CC1=O.[Co]. The van der Waals surface area contributed by atoms with Crippen molar-refractivity contribution in [2.24, 2.45) is 0 Å². The van der Waals surface area contributed by atoms with Gasteiger partial charge in [-0.2, -0.15) is 0 Å². The Bertz CT molecular complexity index is 834. The molecular weight excluding hydrogens is 504 g/mol. The number of carbonyl (C=O) groups excluding carboxylic acids is 2. The predicted octanol–water partition coefficient (Wildman–Crippen LogP) is 6.01. The number of carbonyl (C=O) groups is 2. The minimum atomic E-state index is -10.7. The van der Waals surface area contributed by atoms with Gasteiger partial charge in [-0.05, 0) is 37.1 Å². The van der Waals surface area contributed by atoms with E-state index in [9.17, 15) is 34.8 Å². The first kappa shape index (κ1) is 27.9. The van der Waals surface area contributed by atoms with E-state index in [4.69, 9.17) is 0 Å². The Kier molecular flexibility index (Phi) is 8.92. The second kappa shape index (κ2) is 10.2. The van der Waals surface area contributed by atoms with Crippen LogP contribution in [0.3, 0.4) is 0 Å². The van der Waals surface area contributed by atoms with Crippen LogP contribution in [0.15, 0.2) is 72.2 Å². The molecule has 4 nitrogen and oxygen atoms in total. The molecule has 1 fully saturated rings. The van der Waals surface area contributed by atoms with E-state index in [0.717, 1.165) is 12.8 Å². The van der Waals surface area contributed by atoms with Crippen LogP contribution in [-0.4, -0.2) is 23.7 Å². The largest absolute Gasteiger partial charge is 0.386 e. The molecule has 0 amide bonds. The van der Waals surface area contributed by atoms with Gasteiger partial charge in [0.1, 0.15) is 0 Å². The molecule has 0 unspecified atom stereocenters. The molecule has 1 saturated carbocycles. The number of nitrogens with one attached hydrogen (secondary N) is 2. The zero-order valence-electron chi connectivity index (χ0n) is 16.6. The number of ketones is 2. The molecule has 0 spiro atoms. The van der Waals surface area contributed by atoms with Crippen molar-refractivity contribution in [1.29, 1.82) is 0 Å². The van der Waals surface area contributed by atoms with Gasteiger partial charge in [0.25, 0.3) is 0 Å². The molecule has 0 aromatic rings. The molecule has 32 heavy (non-hydrogen) atoms. The summed E-state index contributed by atoms with van der Waals surface area (Å²) in [6.45, 7) is 0. The van der Waals surface area contributed by atoms with Crippen LogP contribution < -0.4 is 10.6 Å². The van der Waals surface area contributed by atoms with E-state index in [2.05, 4.69) is 10.6 Å². The van der Waals surface area contributed by atoms with E-state index in [1.54, 1.807) is 24.3 Å². The van der Waals surface area contributed by atoms with Crippen molar-refractivity contribution in [1.82, 2.24) is 10.6 Å².